The highest BCUT2D eigenvalue weighted by Crippen LogP contribution is 2.39. The molecule has 9 aromatic rings. The number of benzene rings is 6. The van der Waals surface area contributed by atoms with Crippen LogP contribution in [0.5, 0.6) is 0 Å². The van der Waals surface area contributed by atoms with E-state index in [-0.39, 0.29) is 0 Å². The summed E-state index contributed by atoms with van der Waals surface area (Å²) in [6.07, 6.45) is 8.02. The van der Waals surface area contributed by atoms with Crippen LogP contribution in [0.25, 0.3) is 88.6 Å². The molecule has 3 aromatic heterocycles. The van der Waals surface area contributed by atoms with E-state index in [1.807, 2.05) is 43.4 Å². The normalized spacial score (nSPS) is 12.3. The van der Waals surface area contributed by atoms with Gasteiger partial charge in [0.2, 0.25) is 0 Å². The third-order valence-electron chi connectivity index (χ3n) is 9.28. The van der Waals surface area contributed by atoms with E-state index in [1.54, 1.807) is 0 Å². The Kier molecular flexibility index (Phi) is 6.80. The van der Waals surface area contributed by atoms with E-state index in [0.29, 0.717) is 5.82 Å². The van der Waals surface area contributed by atoms with Crippen LogP contribution in [0.3, 0.4) is 0 Å². The lowest BCUT2D eigenvalue weighted by Gasteiger charge is -2.13. The molecular formula is C45H31N3O. The van der Waals surface area contributed by atoms with Crippen molar-refractivity contribution in [2.24, 2.45) is 0 Å². The number of nitrogens with zero attached hydrogens (tertiary/aromatic N) is 3. The smallest absolute Gasteiger partial charge is 0.162 e. The van der Waals surface area contributed by atoms with Crippen molar-refractivity contribution < 1.29 is 4.42 Å². The zero-order valence-electron chi connectivity index (χ0n) is 27.0. The number of hydrogen-bond acceptors (Lipinski definition) is 3. The lowest BCUT2D eigenvalue weighted by Crippen LogP contribution is -2.03. The highest BCUT2D eigenvalue weighted by molar-refractivity contribution is 6.16. The first-order valence-electron chi connectivity index (χ1n) is 16.5. The van der Waals surface area contributed by atoms with Gasteiger partial charge in [0.25, 0.3) is 0 Å². The predicted molar refractivity (Wildman–Crippen MR) is 205 cm³/mol. The average Bonchev–Trinajstić information content (AvgIpc) is 3.71. The fourth-order valence-electron chi connectivity index (χ4n) is 7.08. The van der Waals surface area contributed by atoms with Crippen LogP contribution in [-0.2, 0) is 0 Å². The summed E-state index contributed by atoms with van der Waals surface area (Å²) in [5.41, 5.74) is 9.94. The van der Waals surface area contributed by atoms with Gasteiger partial charge in [0.05, 0.1) is 11.0 Å². The minimum Gasteiger partial charge on any atom is -0.454 e. The van der Waals surface area contributed by atoms with Crippen LogP contribution < -0.4 is 0 Å². The molecule has 0 unspecified atom stereocenters. The van der Waals surface area contributed by atoms with Gasteiger partial charge >= 0.3 is 0 Å². The third kappa shape index (κ3) is 4.68. The molecular weight excluding hydrogens is 599 g/mol. The molecule has 232 valence electrons. The van der Waals surface area contributed by atoms with Crippen LogP contribution in [0, 0.1) is 0 Å². The minimum atomic E-state index is 0.636. The zero-order chi connectivity index (χ0) is 32.9. The molecule has 0 aliphatic rings. The second-order valence-electron chi connectivity index (χ2n) is 12.2. The van der Waals surface area contributed by atoms with E-state index in [9.17, 15) is 0 Å². The lowest BCUT2D eigenvalue weighted by molar-refractivity contribution is 0.671. The number of rotatable bonds is 6. The maximum absolute atomic E-state index is 6.55. The molecule has 0 spiro atoms. The Morgan fingerprint density at radius 3 is 2.04 bits per heavy atom. The van der Waals surface area contributed by atoms with Crippen LogP contribution in [-0.4, -0.2) is 14.5 Å². The molecule has 0 atom stereocenters. The van der Waals surface area contributed by atoms with Crippen LogP contribution in [0.1, 0.15) is 12.5 Å². The Bertz CT molecular complexity index is 2760. The summed E-state index contributed by atoms with van der Waals surface area (Å²) in [6, 6.07) is 46.6. The largest absolute Gasteiger partial charge is 0.454 e. The molecule has 0 aliphatic carbocycles. The van der Waals surface area contributed by atoms with Crippen molar-refractivity contribution in [1.82, 2.24) is 14.5 Å². The van der Waals surface area contributed by atoms with Crippen molar-refractivity contribution in [1.29, 1.82) is 0 Å². The van der Waals surface area contributed by atoms with E-state index >= 15 is 0 Å². The molecule has 9 rings (SSSR count). The number of fused-ring (bicyclic) bond motifs is 8. The maximum atomic E-state index is 6.55. The minimum absolute atomic E-state index is 0.636. The van der Waals surface area contributed by atoms with E-state index in [2.05, 4.69) is 132 Å². The summed E-state index contributed by atoms with van der Waals surface area (Å²) in [5, 5.41) is 5.40. The number of hydrogen-bond donors (Lipinski definition) is 0. The standard InChI is InChI=1S/C45H31N3O/c1-3-13-29(14-4-2)30-15-11-16-31(27-30)32-17-12-18-33(28-32)44-46-42-38(26-25-37-36-21-7-10-24-41(36)49-43(37)42)45(47-44)48-39-22-8-5-19-34(39)35-20-6-9-23-40(35)48/h3-28H,1H2,2H3/b14-4-,29-13+. The molecule has 0 aliphatic heterocycles. The summed E-state index contributed by atoms with van der Waals surface area (Å²) in [5.74, 6) is 1.45. The van der Waals surface area contributed by atoms with E-state index in [1.165, 1.54) is 10.8 Å². The van der Waals surface area contributed by atoms with Gasteiger partial charge in [0.15, 0.2) is 11.4 Å². The summed E-state index contributed by atoms with van der Waals surface area (Å²) < 4.78 is 8.83. The van der Waals surface area contributed by atoms with Crippen molar-refractivity contribution in [3.05, 3.63) is 170 Å². The molecule has 4 nitrogen and oxygen atoms in total. The first-order valence-corrected chi connectivity index (χ1v) is 16.5. The molecule has 4 heteroatoms. The summed E-state index contributed by atoms with van der Waals surface area (Å²) in [6.45, 7) is 5.94. The first kappa shape index (κ1) is 28.7. The zero-order valence-corrected chi connectivity index (χ0v) is 27.0. The Morgan fingerprint density at radius 1 is 0.633 bits per heavy atom. The number of para-hydroxylation sites is 3. The van der Waals surface area contributed by atoms with Crippen LogP contribution in [0.15, 0.2) is 169 Å². The van der Waals surface area contributed by atoms with Gasteiger partial charge < -0.3 is 4.42 Å². The van der Waals surface area contributed by atoms with Gasteiger partial charge in [-0.05, 0) is 71.7 Å². The van der Waals surface area contributed by atoms with Crippen molar-refractivity contribution in [2.75, 3.05) is 0 Å². The Hall–Kier alpha value is -6.52. The van der Waals surface area contributed by atoms with Crippen molar-refractivity contribution in [3.8, 4) is 28.3 Å². The van der Waals surface area contributed by atoms with Crippen molar-refractivity contribution in [3.63, 3.8) is 0 Å². The Labute approximate surface area is 283 Å². The Morgan fingerprint density at radius 2 is 1.29 bits per heavy atom. The fourth-order valence-corrected chi connectivity index (χ4v) is 7.08. The highest BCUT2D eigenvalue weighted by atomic mass is 16.3. The summed E-state index contributed by atoms with van der Waals surface area (Å²) >= 11 is 0. The molecule has 0 bridgehead atoms. The van der Waals surface area contributed by atoms with E-state index in [0.717, 1.165) is 77.5 Å². The second-order valence-corrected chi connectivity index (χ2v) is 12.2. The maximum Gasteiger partial charge on any atom is 0.162 e. The molecule has 0 radical (unpaired) electrons. The average molecular weight is 630 g/mol. The van der Waals surface area contributed by atoms with Gasteiger partial charge in [-0.2, -0.15) is 0 Å². The monoisotopic (exact) mass is 629 g/mol. The molecule has 0 saturated heterocycles. The van der Waals surface area contributed by atoms with Gasteiger partial charge in [0.1, 0.15) is 16.9 Å². The molecule has 3 heterocycles. The quantitative estimate of drug-likeness (QED) is 0.172. The lowest BCUT2D eigenvalue weighted by atomic mass is 9.97. The molecule has 0 amide bonds. The van der Waals surface area contributed by atoms with Gasteiger partial charge in [-0.25, -0.2) is 9.97 Å². The second kappa shape index (κ2) is 11.6. The van der Waals surface area contributed by atoms with Crippen LogP contribution >= 0.6 is 0 Å². The third-order valence-corrected chi connectivity index (χ3v) is 9.28. The van der Waals surface area contributed by atoms with E-state index < -0.39 is 0 Å². The topological polar surface area (TPSA) is 43.9 Å². The molecule has 0 fully saturated rings. The van der Waals surface area contributed by atoms with Gasteiger partial charge in [0, 0.05) is 32.5 Å². The van der Waals surface area contributed by atoms with Gasteiger partial charge in [-0.15, -0.1) is 0 Å². The Balaban J connectivity index is 1.32. The fraction of sp³-hybridized carbons (Fsp3) is 0.0222. The van der Waals surface area contributed by atoms with Gasteiger partial charge in [-0.3, -0.25) is 4.57 Å². The summed E-state index contributed by atoms with van der Waals surface area (Å²) in [7, 11) is 0. The number of aromatic nitrogens is 3. The number of allylic oxidation sites excluding steroid dienone is 5. The van der Waals surface area contributed by atoms with Crippen molar-refractivity contribution in [2.45, 2.75) is 6.92 Å². The van der Waals surface area contributed by atoms with Gasteiger partial charge in [-0.1, -0.05) is 122 Å². The predicted octanol–water partition coefficient (Wildman–Crippen LogP) is 12.1. The molecule has 6 aromatic carbocycles. The first-order chi connectivity index (χ1) is 24.2. The molecule has 0 saturated carbocycles. The summed E-state index contributed by atoms with van der Waals surface area (Å²) in [4.78, 5) is 10.7. The SMILES string of the molecule is C=C/C=C(\C=C/C)c1cccc(-c2cccc(-c3nc(-n4c5ccccc5c5ccccc54)c4ccc5c6ccccc6oc5c4n3)c2)c1. The molecule has 49 heavy (non-hydrogen) atoms. The van der Waals surface area contributed by atoms with E-state index in [4.69, 9.17) is 14.4 Å². The van der Waals surface area contributed by atoms with Crippen LogP contribution in [0.2, 0.25) is 0 Å². The molecule has 0 N–H and O–H groups in total. The number of furan rings is 1. The van der Waals surface area contributed by atoms with Crippen LogP contribution in [0.4, 0.5) is 0 Å². The highest BCUT2D eigenvalue weighted by Gasteiger charge is 2.21. The van der Waals surface area contributed by atoms with Crippen molar-refractivity contribution >= 4 is 60.2 Å².